The van der Waals surface area contributed by atoms with Gasteiger partial charge in [0.05, 0.1) is 0 Å². The first-order chi connectivity index (χ1) is 4.83. The first-order valence-electron chi connectivity index (χ1n) is 2.69. The second-order valence-electron chi connectivity index (χ2n) is 1.54. The lowest BCUT2D eigenvalue weighted by molar-refractivity contribution is 0.974. The minimum atomic E-state index is 0.372. The van der Waals surface area contributed by atoms with E-state index in [-0.39, 0.29) is 0 Å². The van der Waals surface area contributed by atoms with Gasteiger partial charge in [-0.05, 0) is 0 Å². The molecule has 0 aliphatic rings. The van der Waals surface area contributed by atoms with Crippen LogP contribution in [-0.2, 0) is 0 Å². The highest BCUT2D eigenvalue weighted by atomic mass is 79.9. The van der Waals surface area contributed by atoms with Crippen molar-refractivity contribution in [1.29, 1.82) is 0 Å². The Labute approximate surface area is 71.1 Å². The molecular weight excluding hydrogens is 216 g/mol. The van der Waals surface area contributed by atoms with Gasteiger partial charge in [0.15, 0.2) is 0 Å². The summed E-state index contributed by atoms with van der Waals surface area (Å²) in [5.41, 5.74) is 5.30. The number of alkyl halides is 1. The summed E-state index contributed by atoms with van der Waals surface area (Å²) in [5, 5.41) is 8.03. The van der Waals surface area contributed by atoms with Crippen molar-refractivity contribution in [3.8, 4) is 0 Å². The number of hydrogen-bond acceptors (Lipinski definition) is 4. The van der Waals surface area contributed by atoms with Crippen LogP contribution in [0.25, 0.3) is 0 Å². The third kappa shape index (κ3) is 2.18. The number of rotatable bonds is 3. The van der Waals surface area contributed by atoms with Gasteiger partial charge in [-0.25, -0.2) is 5.10 Å². The molecule has 0 spiro atoms. The maximum atomic E-state index is 5.30. The molecule has 0 radical (unpaired) electrons. The first kappa shape index (κ1) is 7.87. The number of nitrogen functional groups attached to an aromatic ring is 1. The zero-order valence-corrected chi connectivity index (χ0v) is 7.57. The standard InChI is InChI=1S/C4H7BrN4S/c5-1-2-10-4-7-3(6)8-9-4/h1-2H2,(H3,6,7,8,9). The van der Waals surface area contributed by atoms with Crippen LogP contribution in [0.3, 0.4) is 0 Å². The van der Waals surface area contributed by atoms with Crippen molar-refractivity contribution in [2.45, 2.75) is 5.16 Å². The molecule has 0 unspecified atom stereocenters. The Morgan fingerprint density at radius 1 is 1.70 bits per heavy atom. The summed E-state index contributed by atoms with van der Waals surface area (Å²) in [6.45, 7) is 0. The van der Waals surface area contributed by atoms with Gasteiger partial charge < -0.3 is 5.73 Å². The van der Waals surface area contributed by atoms with Gasteiger partial charge in [0, 0.05) is 11.1 Å². The molecule has 1 aromatic heterocycles. The molecule has 0 aromatic carbocycles. The smallest absolute Gasteiger partial charge is 0.216 e. The van der Waals surface area contributed by atoms with Crippen LogP contribution in [0.2, 0.25) is 0 Å². The fourth-order valence-electron chi connectivity index (χ4n) is 0.453. The van der Waals surface area contributed by atoms with E-state index in [1.165, 1.54) is 0 Å². The van der Waals surface area contributed by atoms with Crippen LogP contribution < -0.4 is 5.73 Å². The third-order valence-electron chi connectivity index (χ3n) is 0.791. The van der Waals surface area contributed by atoms with Crippen LogP contribution >= 0.6 is 27.7 Å². The van der Waals surface area contributed by atoms with E-state index >= 15 is 0 Å². The lowest BCUT2D eigenvalue weighted by Crippen LogP contribution is -1.85. The molecule has 4 nitrogen and oxygen atoms in total. The third-order valence-corrected chi connectivity index (χ3v) is 2.56. The minimum Gasteiger partial charge on any atom is -0.368 e. The van der Waals surface area contributed by atoms with Crippen molar-refractivity contribution in [1.82, 2.24) is 15.2 Å². The predicted molar refractivity (Wildman–Crippen MR) is 45.3 cm³/mol. The second-order valence-corrected chi connectivity index (χ2v) is 3.40. The number of hydrogen-bond donors (Lipinski definition) is 2. The summed E-state index contributed by atoms with van der Waals surface area (Å²) >= 11 is 4.86. The molecule has 1 rings (SSSR count). The Kier molecular flexibility index (Phi) is 3.01. The van der Waals surface area contributed by atoms with Gasteiger partial charge in [0.25, 0.3) is 0 Å². The number of thioether (sulfide) groups is 1. The van der Waals surface area contributed by atoms with Gasteiger partial charge in [0.2, 0.25) is 11.1 Å². The fraction of sp³-hybridized carbons (Fsp3) is 0.500. The van der Waals surface area contributed by atoms with E-state index in [1.54, 1.807) is 11.8 Å². The number of nitrogens with one attached hydrogen (secondary N) is 1. The Morgan fingerprint density at radius 2 is 2.50 bits per heavy atom. The van der Waals surface area contributed by atoms with Crippen LogP contribution in [0.4, 0.5) is 5.95 Å². The van der Waals surface area contributed by atoms with Crippen molar-refractivity contribution < 1.29 is 0 Å². The van der Waals surface area contributed by atoms with E-state index in [2.05, 4.69) is 31.1 Å². The van der Waals surface area contributed by atoms with E-state index in [0.29, 0.717) is 11.1 Å². The molecule has 0 aliphatic carbocycles. The molecule has 0 saturated heterocycles. The average Bonchev–Trinajstić information content (AvgIpc) is 2.31. The van der Waals surface area contributed by atoms with Crippen LogP contribution in [0.15, 0.2) is 5.16 Å². The molecule has 6 heteroatoms. The molecule has 0 saturated carbocycles. The number of nitrogens with zero attached hydrogens (tertiary/aromatic N) is 2. The van der Waals surface area contributed by atoms with E-state index in [1.807, 2.05) is 0 Å². The summed E-state index contributed by atoms with van der Waals surface area (Å²) < 4.78 is 0. The molecule has 56 valence electrons. The molecule has 0 bridgehead atoms. The number of halogens is 1. The minimum absolute atomic E-state index is 0.372. The monoisotopic (exact) mass is 222 g/mol. The Balaban J connectivity index is 2.42. The molecule has 0 aliphatic heterocycles. The van der Waals surface area contributed by atoms with Gasteiger partial charge in [-0.15, -0.1) is 5.10 Å². The van der Waals surface area contributed by atoms with Gasteiger partial charge in [-0.2, -0.15) is 4.98 Å². The van der Waals surface area contributed by atoms with Gasteiger partial charge in [-0.1, -0.05) is 27.7 Å². The highest BCUT2D eigenvalue weighted by Gasteiger charge is 1.98. The molecule has 0 atom stereocenters. The lowest BCUT2D eigenvalue weighted by Gasteiger charge is -1.86. The summed E-state index contributed by atoms with van der Waals surface area (Å²) in [6.07, 6.45) is 0. The van der Waals surface area contributed by atoms with Gasteiger partial charge >= 0.3 is 0 Å². The molecular formula is C4H7BrN4S. The summed E-state index contributed by atoms with van der Waals surface area (Å²) in [6, 6.07) is 0. The Morgan fingerprint density at radius 3 is 3.00 bits per heavy atom. The van der Waals surface area contributed by atoms with E-state index in [4.69, 9.17) is 5.73 Å². The first-order valence-corrected chi connectivity index (χ1v) is 4.80. The molecule has 1 aromatic rings. The average molecular weight is 223 g/mol. The lowest BCUT2D eigenvalue weighted by atomic mass is 11.0. The number of nitrogens with two attached hydrogens (primary N) is 1. The molecule has 1 heterocycles. The molecule has 0 fully saturated rings. The highest BCUT2D eigenvalue weighted by molar-refractivity contribution is 9.09. The molecule has 0 amide bonds. The van der Waals surface area contributed by atoms with Crippen LogP contribution in [0.5, 0.6) is 0 Å². The quantitative estimate of drug-likeness (QED) is 0.589. The van der Waals surface area contributed by atoms with Gasteiger partial charge in [-0.3, -0.25) is 0 Å². The Hall–Kier alpha value is -0.230. The van der Waals surface area contributed by atoms with Crippen LogP contribution in [-0.4, -0.2) is 26.3 Å². The van der Waals surface area contributed by atoms with E-state index in [9.17, 15) is 0 Å². The molecule has 3 N–H and O–H groups in total. The predicted octanol–water partition coefficient (Wildman–Crippen LogP) is 0.874. The highest BCUT2D eigenvalue weighted by Crippen LogP contribution is 2.12. The molecule has 10 heavy (non-hydrogen) atoms. The SMILES string of the molecule is Nc1nc(SCCBr)n[nH]1. The van der Waals surface area contributed by atoms with Gasteiger partial charge in [0.1, 0.15) is 0 Å². The zero-order chi connectivity index (χ0) is 7.40. The van der Waals surface area contributed by atoms with Crippen molar-refractivity contribution in [2.24, 2.45) is 0 Å². The maximum absolute atomic E-state index is 5.30. The Bertz CT molecular complexity index is 201. The number of aromatic amines is 1. The second kappa shape index (κ2) is 3.82. The normalized spacial score (nSPS) is 10.1. The van der Waals surface area contributed by atoms with E-state index < -0.39 is 0 Å². The maximum Gasteiger partial charge on any atom is 0.216 e. The van der Waals surface area contributed by atoms with Crippen molar-refractivity contribution in [3.63, 3.8) is 0 Å². The number of anilines is 1. The van der Waals surface area contributed by atoms with Crippen molar-refractivity contribution in [3.05, 3.63) is 0 Å². The summed E-state index contributed by atoms with van der Waals surface area (Å²) in [4.78, 5) is 3.90. The number of aromatic nitrogens is 3. The topological polar surface area (TPSA) is 67.6 Å². The van der Waals surface area contributed by atoms with E-state index in [0.717, 1.165) is 11.1 Å². The van der Waals surface area contributed by atoms with Crippen molar-refractivity contribution >= 4 is 33.6 Å². The van der Waals surface area contributed by atoms with Crippen LogP contribution in [0, 0.1) is 0 Å². The fourth-order valence-corrected chi connectivity index (χ4v) is 1.47. The zero-order valence-electron chi connectivity index (χ0n) is 5.17. The van der Waals surface area contributed by atoms with Crippen LogP contribution in [0.1, 0.15) is 0 Å². The van der Waals surface area contributed by atoms with Crippen molar-refractivity contribution in [2.75, 3.05) is 16.8 Å². The largest absolute Gasteiger partial charge is 0.368 e. The number of H-pyrrole nitrogens is 1. The summed E-state index contributed by atoms with van der Waals surface area (Å²) in [7, 11) is 0. The summed E-state index contributed by atoms with van der Waals surface area (Å²) in [5.74, 6) is 1.33.